The quantitative estimate of drug-likeness (QED) is 0.837. The zero-order valence-corrected chi connectivity index (χ0v) is 13.4. The lowest BCUT2D eigenvalue weighted by Crippen LogP contribution is -2.47. The van der Waals surface area contributed by atoms with Crippen LogP contribution in [0.3, 0.4) is 0 Å². The molecule has 112 valence electrons. The number of sulfone groups is 1. The molecule has 0 radical (unpaired) electrons. The van der Waals surface area contributed by atoms with E-state index in [0.29, 0.717) is 5.75 Å². The molecule has 1 unspecified atom stereocenters. The van der Waals surface area contributed by atoms with Crippen molar-refractivity contribution < 1.29 is 8.42 Å². The number of hydrogen-bond donors (Lipinski definition) is 1. The van der Waals surface area contributed by atoms with Crippen LogP contribution in [0.1, 0.15) is 12.0 Å². The second kappa shape index (κ2) is 6.83. The number of nitrogen functional groups attached to an aromatic ring is 1. The Labute approximate surface area is 125 Å². The number of benzene rings is 1. The summed E-state index contributed by atoms with van der Waals surface area (Å²) in [5, 5.41) is -0.312. The summed E-state index contributed by atoms with van der Waals surface area (Å²) in [5.41, 5.74) is 7.69. The summed E-state index contributed by atoms with van der Waals surface area (Å²) in [5.74, 6) is 1.72. The molecule has 1 aromatic rings. The SMILES string of the molecule is CS(=O)(=O)C1CSCCN1CCCc1ccc(N)cc1. The molecular formula is C14H22N2O2S2. The first kappa shape index (κ1) is 15.7. The van der Waals surface area contributed by atoms with Crippen molar-refractivity contribution in [2.45, 2.75) is 18.2 Å². The summed E-state index contributed by atoms with van der Waals surface area (Å²) < 4.78 is 23.6. The molecule has 1 fully saturated rings. The van der Waals surface area contributed by atoms with E-state index < -0.39 is 9.84 Å². The molecule has 1 aliphatic rings. The van der Waals surface area contributed by atoms with Gasteiger partial charge in [-0.1, -0.05) is 12.1 Å². The standard InChI is InChI=1S/C14H22N2O2S2/c1-20(17,18)14-11-19-10-9-16(14)8-2-3-12-4-6-13(15)7-5-12/h4-7,14H,2-3,8-11,15H2,1H3. The smallest absolute Gasteiger partial charge is 0.164 e. The first-order valence-electron chi connectivity index (χ1n) is 6.82. The topological polar surface area (TPSA) is 63.4 Å². The van der Waals surface area contributed by atoms with Crippen LogP contribution >= 0.6 is 11.8 Å². The minimum atomic E-state index is -2.99. The molecule has 0 amide bonds. The van der Waals surface area contributed by atoms with E-state index in [1.54, 1.807) is 11.8 Å². The maximum absolute atomic E-state index is 11.8. The molecule has 6 heteroatoms. The Bertz CT molecular complexity index is 529. The lowest BCUT2D eigenvalue weighted by atomic mass is 10.1. The largest absolute Gasteiger partial charge is 0.399 e. The molecule has 0 aromatic heterocycles. The fourth-order valence-electron chi connectivity index (χ4n) is 2.44. The molecule has 0 spiro atoms. The van der Waals surface area contributed by atoms with Crippen molar-refractivity contribution in [2.75, 3.05) is 36.6 Å². The molecule has 0 aliphatic carbocycles. The number of rotatable bonds is 5. The summed E-state index contributed by atoms with van der Waals surface area (Å²) in [6, 6.07) is 7.89. The van der Waals surface area contributed by atoms with Gasteiger partial charge in [0.25, 0.3) is 0 Å². The van der Waals surface area contributed by atoms with Crippen molar-refractivity contribution in [3.63, 3.8) is 0 Å². The summed E-state index contributed by atoms with van der Waals surface area (Å²) in [6.45, 7) is 1.70. The molecule has 20 heavy (non-hydrogen) atoms. The molecule has 0 saturated carbocycles. The van der Waals surface area contributed by atoms with E-state index in [1.165, 1.54) is 11.8 Å². The number of thioether (sulfide) groups is 1. The second-order valence-corrected chi connectivity index (χ2v) is 8.59. The zero-order valence-electron chi connectivity index (χ0n) is 11.8. The Hall–Kier alpha value is -0.720. The highest BCUT2D eigenvalue weighted by molar-refractivity contribution is 8.00. The average Bonchev–Trinajstić information content (AvgIpc) is 2.40. The molecule has 1 aliphatic heterocycles. The molecule has 0 bridgehead atoms. The average molecular weight is 314 g/mol. The lowest BCUT2D eigenvalue weighted by molar-refractivity contribution is 0.267. The fraction of sp³-hybridized carbons (Fsp3) is 0.571. The monoisotopic (exact) mass is 314 g/mol. The Morgan fingerprint density at radius 1 is 1.35 bits per heavy atom. The molecule has 1 atom stereocenters. The number of anilines is 1. The van der Waals surface area contributed by atoms with Crippen molar-refractivity contribution in [3.8, 4) is 0 Å². The van der Waals surface area contributed by atoms with Crippen LogP contribution in [0, 0.1) is 0 Å². The lowest BCUT2D eigenvalue weighted by Gasteiger charge is -2.33. The fourth-order valence-corrected chi connectivity index (χ4v) is 5.41. The molecule has 4 nitrogen and oxygen atoms in total. The molecule has 2 N–H and O–H groups in total. The summed E-state index contributed by atoms with van der Waals surface area (Å²) in [7, 11) is -2.99. The summed E-state index contributed by atoms with van der Waals surface area (Å²) >= 11 is 1.73. The highest BCUT2D eigenvalue weighted by atomic mass is 32.2. The third-order valence-corrected chi connectivity index (χ3v) is 6.26. The van der Waals surface area contributed by atoms with Gasteiger partial charge in [-0.05, 0) is 37.1 Å². The van der Waals surface area contributed by atoms with Crippen LogP contribution in [0.15, 0.2) is 24.3 Å². The van der Waals surface area contributed by atoms with Crippen LogP contribution in [-0.2, 0) is 16.3 Å². The van der Waals surface area contributed by atoms with E-state index in [4.69, 9.17) is 5.73 Å². The van der Waals surface area contributed by atoms with Crippen molar-refractivity contribution in [1.82, 2.24) is 4.90 Å². The molecule has 1 aromatic carbocycles. The number of hydrogen-bond acceptors (Lipinski definition) is 5. The Morgan fingerprint density at radius 2 is 2.05 bits per heavy atom. The van der Waals surface area contributed by atoms with E-state index >= 15 is 0 Å². The normalized spacial score (nSPS) is 20.9. The Balaban J connectivity index is 1.87. The van der Waals surface area contributed by atoms with E-state index in [9.17, 15) is 8.42 Å². The number of nitrogens with two attached hydrogens (primary N) is 1. The summed E-state index contributed by atoms with van der Waals surface area (Å²) in [4.78, 5) is 2.11. The minimum Gasteiger partial charge on any atom is -0.399 e. The van der Waals surface area contributed by atoms with Crippen LogP contribution in [0.25, 0.3) is 0 Å². The van der Waals surface area contributed by atoms with Crippen molar-refractivity contribution in [3.05, 3.63) is 29.8 Å². The van der Waals surface area contributed by atoms with Gasteiger partial charge in [0, 0.05) is 30.0 Å². The van der Waals surface area contributed by atoms with Crippen LogP contribution < -0.4 is 5.73 Å². The highest BCUT2D eigenvalue weighted by Crippen LogP contribution is 2.20. The van der Waals surface area contributed by atoms with E-state index in [2.05, 4.69) is 4.90 Å². The first-order valence-corrected chi connectivity index (χ1v) is 9.93. The van der Waals surface area contributed by atoms with Crippen LogP contribution in [0.5, 0.6) is 0 Å². The van der Waals surface area contributed by atoms with E-state index in [1.807, 2.05) is 24.3 Å². The van der Waals surface area contributed by atoms with E-state index in [-0.39, 0.29) is 5.37 Å². The van der Waals surface area contributed by atoms with Gasteiger partial charge < -0.3 is 5.73 Å². The Kier molecular flexibility index (Phi) is 5.35. The number of nitrogens with zero attached hydrogens (tertiary/aromatic N) is 1. The van der Waals surface area contributed by atoms with Crippen molar-refractivity contribution >= 4 is 27.3 Å². The van der Waals surface area contributed by atoms with Crippen LogP contribution in [0.2, 0.25) is 0 Å². The van der Waals surface area contributed by atoms with Gasteiger partial charge in [0.1, 0.15) is 5.37 Å². The molecule has 1 heterocycles. The second-order valence-electron chi connectivity index (χ2n) is 5.24. The third kappa shape index (κ3) is 4.40. The third-order valence-electron chi connectivity index (χ3n) is 3.58. The van der Waals surface area contributed by atoms with Gasteiger partial charge in [-0.3, -0.25) is 4.90 Å². The van der Waals surface area contributed by atoms with Crippen LogP contribution in [-0.4, -0.2) is 49.5 Å². The maximum atomic E-state index is 11.8. The van der Waals surface area contributed by atoms with Gasteiger partial charge in [0.15, 0.2) is 9.84 Å². The Morgan fingerprint density at radius 3 is 2.70 bits per heavy atom. The van der Waals surface area contributed by atoms with Crippen molar-refractivity contribution in [1.29, 1.82) is 0 Å². The first-order chi connectivity index (χ1) is 9.47. The number of aryl methyl sites for hydroxylation is 1. The molecule has 2 rings (SSSR count). The maximum Gasteiger partial charge on any atom is 0.164 e. The minimum absolute atomic E-state index is 0.312. The predicted molar refractivity (Wildman–Crippen MR) is 86.7 cm³/mol. The zero-order chi connectivity index (χ0) is 14.6. The van der Waals surface area contributed by atoms with Gasteiger partial charge in [-0.2, -0.15) is 11.8 Å². The molecule has 1 saturated heterocycles. The molecular weight excluding hydrogens is 292 g/mol. The van der Waals surface area contributed by atoms with Gasteiger partial charge in [0.2, 0.25) is 0 Å². The van der Waals surface area contributed by atoms with Gasteiger partial charge in [-0.25, -0.2) is 8.42 Å². The predicted octanol–water partition coefficient (Wildman–Crippen LogP) is 1.62. The van der Waals surface area contributed by atoms with Crippen molar-refractivity contribution in [2.24, 2.45) is 0 Å². The summed E-state index contributed by atoms with van der Waals surface area (Å²) in [6.07, 6.45) is 3.28. The van der Waals surface area contributed by atoms with E-state index in [0.717, 1.165) is 37.4 Å². The van der Waals surface area contributed by atoms with Gasteiger partial charge in [-0.15, -0.1) is 0 Å². The van der Waals surface area contributed by atoms with Crippen LogP contribution in [0.4, 0.5) is 5.69 Å². The highest BCUT2D eigenvalue weighted by Gasteiger charge is 2.30. The van der Waals surface area contributed by atoms with Gasteiger partial charge >= 0.3 is 0 Å². The van der Waals surface area contributed by atoms with Gasteiger partial charge in [0.05, 0.1) is 0 Å².